The number of rotatable bonds is 4. The van der Waals surface area contributed by atoms with Crippen molar-refractivity contribution >= 4 is 0 Å². The first-order valence-corrected chi connectivity index (χ1v) is 9.03. The molecular weight excluding hydrogens is 314 g/mol. The fraction of sp³-hybridized carbons (Fsp3) is 0.429. The van der Waals surface area contributed by atoms with Gasteiger partial charge in [0, 0.05) is 17.7 Å². The molecule has 0 amide bonds. The fourth-order valence-electron chi connectivity index (χ4n) is 3.70. The van der Waals surface area contributed by atoms with Crippen molar-refractivity contribution in [2.75, 3.05) is 27.0 Å². The quantitative estimate of drug-likeness (QED) is 0.830. The van der Waals surface area contributed by atoms with E-state index in [-0.39, 0.29) is 6.79 Å². The van der Waals surface area contributed by atoms with Crippen LogP contribution in [-0.4, -0.2) is 31.9 Å². The van der Waals surface area contributed by atoms with Gasteiger partial charge in [-0.1, -0.05) is 25.1 Å². The van der Waals surface area contributed by atoms with Crippen molar-refractivity contribution in [2.45, 2.75) is 26.3 Å². The molecule has 2 aromatic rings. The number of hydrogen-bond donors (Lipinski definition) is 0. The van der Waals surface area contributed by atoms with Crippen LogP contribution in [0.5, 0.6) is 17.2 Å². The molecule has 1 saturated heterocycles. The van der Waals surface area contributed by atoms with Crippen LogP contribution in [0.2, 0.25) is 0 Å². The van der Waals surface area contributed by atoms with Crippen molar-refractivity contribution in [2.24, 2.45) is 5.92 Å². The Morgan fingerprint density at radius 3 is 2.68 bits per heavy atom. The molecule has 2 heterocycles. The molecule has 2 aliphatic rings. The molecule has 0 unspecified atom stereocenters. The molecule has 4 nitrogen and oxygen atoms in total. The second-order valence-corrected chi connectivity index (χ2v) is 7.04. The fourth-order valence-corrected chi connectivity index (χ4v) is 3.70. The Morgan fingerprint density at radius 1 is 1.08 bits per heavy atom. The van der Waals surface area contributed by atoms with Crippen LogP contribution in [0.15, 0.2) is 36.4 Å². The van der Waals surface area contributed by atoms with E-state index in [4.69, 9.17) is 14.2 Å². The molecule has 4 rings (SSSR count). The molecule has 0 aromatic heterocycles. The highest BCUT2D eigenvalue weighted by Gasteiger charge is 2.23. The van der Waals surface area contributed by atoms with Crippen molar-refractivity contribution in [1.29, 1.82) is 0 Å². The third-order valence-corrected chi connectivity index (χ3v) is 5.21. The van der Waals surface area contributed by atoms with Crippen LogP contribution in [0.4, 0.5) is 0 Å². The van der Waals surface area contributed by atoms with Gasteiger partial charge in [0.25, 0.3) is 0 Å². The third-order valence-electron chi connectivity index (χ3n) is 5.21. The molecule has 0 spiro atoms. The Hall–Kier alpha value is -2.20. The average Bonchev–Trinajstić information content (AvgIpc) is 3.11. The van der Waals surface area contributed by atoms with E-state index in [9.17, 15) is 0 Å². The second-order valence-electron chi connectivity index (χ2n) is 7.04. The predicted molar refractivity (Wildman–Crippen MR) is 98.2 cm³/mol. The van der Waals surface area contributed by atoms with E-state index >= 15 is 0 Å². The van der Waals surface area contributed by atoms with Crippen LogP contribution in [0, 0.1) is 5.92 Å². The molecular formula is C21H25NO3. The summed E-state index contributed by atoms with van der Waals surface area (Å²) in [7, 11) is 1.70. The lowest BCUT2D eigenvalue weighted by Gasteiger charge is -2.30. The van der Waals surface area contributed by atoms with Gasteiger partial charge in [0.15, 0.2) is 11.5 Å². The van der Waals surface area contributed by atoms with Gasteiger partial charge in [-0.25, -0.2) is 0 Å². The Balaban J connectivity index is 1.68. The zero-order valence-electron chi connectivity index (χ0n) is 15.0. The van der Waals surface area contributed by atoms with Crippen molar-refractivity contribution in [1.82, 2.24) is 4.90 Å². The summed E-state index contributed by atoms with van der Waals surface area (Å²) in [4.78, 5) is 2.53. The molecule has 25 heavy (non-hydrogen) atoms. The number of piperidine rings is 1. The lowest BCUT2D eigenvalue weighted by Crippen LogP contribution is -2.32. The summed E-state index contributed by atoms with van der Waals surface area (Å²) in [6.07, 6.45) is 2.56. The largest absolute Gasteiger partial charge is 0.496 e. The van der Waals surface area contributed by atoms with Gasteiger partial charge in [0.05, 0.1) is 7.11 Å². The summed E-state index contributed by atoms with van der Waals surface area (Å²) in [5.41, 5.74) is 3.36. The summed E-state index contributed by atoms with van der Waals surface area (Å²) >= 11 is 0. The zero-order chi connectivity index (χ0) is 17.2. The van der Waals surface area contributed by atoms with E-state index in [0.29, 0.717) is 0 Å². The number of hydrogen-bond acceptors (Lipinski definition) is 4. The van der Waals surface area contributed by atoms with E-state index in [1.807, 2.05) is 18.2 Å². The Kier molecular flexibility index (Phi) is 4.53. The molecule has 0 N–H and O–H groups in total. The van der Waals surface area contributed by atoms with Gasteiger partial charge in [-0.2, -0.15) is 0 Å². The highest BCUT2D eigenvalue weighted by molar-refractivity contribution is 5.79. The van der Waals surface area contributed by atoms with Crippen LogP contribution in [0.25, 0.3) is 11.1 Å². The smallest absolute Gasteiger partial charge is 0.231 e. The third kappa shape index (κ3) is 3.31. The standard InChI is InChI=1S/C21H25NO3/c1-15-7-9-22(10-8-15)13-16-11-18(21-20(12-16)24-14-25-21)17-5-3-4-6-19(17)23-2/h3-6,11-12,15H,7-10,13-14H2,1-2H3. The van der Waals surface area contributed by atoms with Crippen LogP contribution < -0.4 is 14.2 Å². The Morgan fingerprint density at radius 2 is 1.88 bits per heavy atom. The van der Waals surface area contributed by atoms with Crippen molar-refractivity contribution in [3.63, 3.8) is 0 Å². The first-order chi connectivity index (χ1) is 12.2. The highest BCUT2D eigenvalue weighted by Crippen LogP contribution is 2.45. The summed E-state index contributed by atoms with van der Waals surface area (Å²) in [6, 6.07) is 12.4. The maximum absolute atomic E-state index is 5.75. The summed E-state index contributed by atoms with van der Waals surface area (Å²) < 4.78 is 17.0. The number of ether oxygens (including phenoxy) is 3. The van der Waals surface area contributed by atoms with Gasteiger partial charge in [0.1, 0.15) is 5.75 Å². The molecule has 0 radical (unpaired) electrons. The van der Waals surface area contributed by atoms with Gasteiger partial charge >= 0.3 is 0 Å². The van der Waals surface area contributed by atoms with E-state index in [1.54, 1.807) is 7.11 Å². The molecule has 0 aliphatic carbocycles. The molecule has 4 heteroatoms. The number of methoxy groups -OCH3 is 1. The number of nitrogens with zero attached hydrogens (tertiary/aromatic N) is 1. The first kappa shape index (κ1) is 16.3. The zero-order valence-corrected chi connectivity index (χ0v) is 15.0. The highest BCUT2D eigenvalue weighted by atomic mass is 16.7. The number of fused-ring (bicyclic) bond motifs is 1. The van der Waals surface area contributed by atoms with Crippen LogP contribution >= 0.6 is 0 Å². The van der Waals surface area contributed by atoms with E-state index in [2.05, 4.69) is 30.0 Å². The normalized spacial score (nSPS) is 17.7. The first-order valence-electron chi connectivity index (χ1n) is 9.03. The van der Waals surface area contributed by atoms with Gasteiger partial charge < -0.3 is 14.2 Å². The van der Waals surface area contributed by atoms with Gasteiger partial charge in [-0.15, -0.1) is 0 Å². The lowest BCUT2D eigenvalue weighted by molar-refractivity contribution is 0.173. The van der Waals surface area contributed by atoms with Crippen molar-refractivity contribution in [3.05, 3.63) is 42.0 Å². The number of para-hydroxylation sites is 1. The van der Waals surface area contributed by atoms with E-state index in [1.165, 1.54) is 31.5 Å². The number of likely N-dealkylation sites (tertiary alicyclic amines) is 1. The van der Waals surface area contributed by atoms with Gasteiger partial charge in [0.2, 0.25) is 6.79 Å². The number of benzene rings is 2. The summed E-state index contributed by atoms with van der Waals surface area (Å²) in [5, 5.41) is 0. The SMILES string of the molecule is COc1ccccc1-c1cc(CN2CCC(C)CC2)cc2c1OCO2. The summed E-state index contributed by atoms with van der Waals surface area (Å²) in [6.45, 7) is 5.91. The Labute approximate surface area is 149 Å². The minimum Gasteiger partial charge on any atom is -0.496 e. The predicted octanol–water partition coefficient (Wildman–Crippen LogP) is 4.32. The molecule has 132 valence electrons. The maximum Gasteiger partial charge on any atom is 0.231 e. The topological polar surface area (TPSA) is 30.9 Å². The molecule has 0 bridgehead atoms. The molecule has 1 fully saturated rings. The minimum atomic E-state index is 0.280. The second kappa shape index (κ2) is 6.96. The van der Waals surface area contributed by atoms with Gasteiger partial charge in [-0.05, 0) is 55.6 Å². The average molecular weight is 339 g/mol. The van der Waals surface area contributed by atoms with Crippen molar-refractivity contribution in [3.8, 4) is 28.4 Å². The van der Waals surface area contributed by atoms with E-state index < -0.39 is 0 Å². The van der Waals surface area contributed by atoms with Crippen LogP contribution in [-0.2, 0) is 6.54 Å². The lowest BCUT2D eigenvalue weighted by atomic mass is 9.97. The molecule has 2 aromatic carbocycles. The minimum absolute atomic E-state index is 0.280. The molecule has 0 saturated carbocycles. The summed E-state index contributed by atoms with van der Waals surface area (Å²) in [5.74, 6) is 3.35. The van der Waals surface area contributed by atoms with E-state index in [0.717, 1.165) is 40.8 Å². The Bertz CT molecular complexity index is 751. The molecule has 0 atom stereocenters. The monoisotopic (exact) mass is 339 g/mol. The van der Waals surface area contributed by atoms with Crippen LogP contribution in [0.1, 0.15) is 25.3 Å². The molecule has 2 aliphatic heterocycles. The maximum atomic E-state index is 5.75. The van der Waals surface area contributed by atoms with Crippen LogP contribution in [0.3, 0.4) is 0 Å². The van der Waals surface area contributed by atoms with Crippen molar-refractivity contribution < 1.29 is 14.2 Å². The van der Waals surface area contributed by atoms with Gasteiger partial charge in [-0.3, -0.25) is 4.90 Å².